The van der Waals surface area contributed by atoms with E-state index in [2.05, 4.69) is 84.4 Å². The number of hydrogen-bond donors (Lipinski definition) is 23. The Labute approximate surface area is 675 Å². The normalized spacial score (nSPS) is 17.1. The summed E-state index contributed by atoms with van der Waals surface area (Å²) in [6.45, 7) is 9.02. The second-order valence-corrected chi connectivity index (χ2v) is 29.0. The molecule has 2 rings (SSSR count). The zero-order valence-electron chi connectivity index (χ0n) is 67.0. The summed E-state index contributed by atoms with van der Waals surface area (Å²) in [6, 6.07) is -23.1. The average Bonchev–Trinajstić information content (AvgIpc) is 1.72. The number of carboxylic acids is 2. The van der Waals surface area contributed by atoms with Gasteiger partial charge in [-0.1, -0.05) is 48.0 Å². The minimum absolute atomic E-state index is 0.00498. The highest BCUT2D eigenvalue weighted by atomic mass is 16.4. The number of aliphatic hydroxyl groups is 2. The van der Waals surface area contributed by atoms with E-state index in [1.807, 2.05) is 0 Å². The van der Waals surface area contributed by atoms with Crippen molar-refractivity contribution >= 4 is 131 Å². The summed E-state index contributed by atoms with van der Waals surface area (Å²) in [7, 11) is 0. The molecule has 0 aromatic heterocycles. The fourth-order valence-electron chi connectivity index (χ4n) is 11.9. The lowest BCUT2D eigenvalue weighted by molar-refractivity contribution is -0.143. The molecule has 656 valence electrons. The number of carbonyl (C=O) groups is 20. The first-order valence-electron chi connectivity index (χ1n) is 38.5. The van der Waals surface area contributed by atoms with Crippen LogP contribution in [0.2, 0.25) is 0 Å². The highest BCUT2D eigenvalue weighted by Gasteiger charge is 2.42. The molecule has 117 heavy (non-hydrogen) atoms. The summed E-state index contributed by atoms with van der Waals surface area (Å²) in [5.41, 5.74) is 27.5. The van der Waals surface area contributed by atoms with Gasteiger partial charge in [0.1, 0.15) is 90.9 Å². The number of likely N-dealkylation sites (tertiary alicyclic amines) is 1. The highest BCUT2D eigenvalue weighted by Crippen LogP contribution is 2.22. The van der Waals surface area contributed by atoms with Crippen molar-refractivity contribution in [3.8, 4) is 0 Å². The van der Waals surface area contributed by atoms with E-state index >= 15 is 0 Å². The summed E-state index contributed by atoms with van der Waals surface area (Å²) in [4.78, 5) is 276. The van der Waals surface area contributed by atoms with Gasteiger partial charge in [0.2, 0.25) is 106 Å². The summed E-state index contributed by atoms with van der Waals surface area (Å²) < 4.78 is 0. The smallest absolute Gasteiger partial charge is 0.305 e. The Morgan fingerprint density at radius 1 is 0.470 bits per heavy atom. The molecule has 46 heteroatoms. The van der Waals surface area contributed by atoms with Gasteiger partial charge in [0.15, 0.2) is 0 Å². The minimum Gasteiger partial charge on any atom is -0.481 e. The van der Waals surface area contributed by atoms with Crippen LogP contribution in [0.25, 0.3) is 0 Å². The van der Waals surface area contributed by atoms with E-state index in [-0.39, 0.29) is 58.2 Å². The number of carbonyl (C=O) groups excluding carboxylic acids is 18. The SMILES string of the molecule is CC[C@H](C)[C@H](NC(=O)[C@H](CC1C=NC=N1)NC(=O)[C@H](CCC(N)=O)NC(=O)[C@H](CO)NC(=O)CNC(=O)[C@@H]1CCCN1C(=O)[C@@H](NC(=O)[C@H](CCC(=O)O)NC(=O)[C@@H](NC(C)=O)C(C)C)C(C)C)C(=O)N[C@@H](CC(=O)O)C(=O)N[C@@H](CO)C(=O)N[C@@H](CCC(N)=O)C(=O)N[C@@H](CCCCN)C(=O)N[C@@H](CCCCN)C(=O)N[C@@H](C)C(N)=O. The Hall–Kier alpha value is -11.4. The third-order valence-electron chi connectivity index (χ3n) is 18.8. The van der Waals surface area contributed by atoms with Crippen LogP contribution in [0, 0.1) is 17.8 Å². The molecule has 16 atom stereocenters. The van der Waals surface area contributed by atoms with Gasteiger partial charge in [-0.05, 0) is 108 Å². The predicted octanol–water partition coefficient (Wildman–Crippen LogP) is -9.74. The first-order valence-corrected chi connectivity index (χ1v) is 38.5. The van der Waals surface area contributed by atoms with Crippen LogP contribution < -0.4 is 103 Å². The van der Waals surface area contributed by atoms with Crippen molar-refractivity contribution in [2.24, 2.45) is 56.4 Å². The van der Waals surface area contributed by atoms with Gasteiger partial charge < -0.3 is 128 Å². The first kappa shape index (κ1) is 102. The van der Waals surface area contributed by atoms with Crippen LogP contribution in [0.15, 0.2) is 9.98 Å². The summed E-state index contributed by atoms with van der Waals surface area (Å²) in [5, 5.41) is 73.5. The van der Waals surface area contributed by atoms with Crippen LogP contribution in [0.3, 0.4) is 0 Å². The number of nitrogens with two attached hydrogens (primary N) is 5. The number of unbranched alkanes of at least 4 members (excludes halogenated alkanes) is 2. The van der Waals surface area contributed by atoms with Crippen molar-refractivity contribution in [1.29, 1.82) is 0 Å². The van der Waals surface area contributed by atoms with Crippen LogP contribution in [0.1, 0.15) is 165 Å². The van der Waals surface area contributed by atoms with Gasteiger partial charge in [-0.2, -0.15) is 0 Å². The fourth-order valence-corrected chi connectivity index (χ4v) is 11.9. The van der Waals surface area contributed by atoms with E-state index in [0.717, 1.165) is 11.2 Å². The van der Waals surface area contributed by atoms with Crippen LogP contribution in [-0.2, 0) is 95.9 Å². The molecule has 0 radical (unpaired) electrons. The van der Waals surface area contributed by atoms with Crippen LogP contribution in [-0.4, -0.2) is 286 Å². The molecule has 0 saturated carbocycles. The molecule has 0 aromatic rings. The molecule has 0 aromatic carbocycles. The van der Waals surface area contributed by atoms with Crippen LogP contribution in [0.5, 0.6) is 0 Å². The third kappa shape index (κ3) is 36.5. The van der Waals surface area contributed by atoms with E-state index < -0.39 is 298 Å². The average molecular weight is 1660 g/mol. The number of primary amides is 3. The Bertz CT molecular complexity index is 3550. The van der Waals surface area contributed by atoms with Crippen molar-refractivity contribution < 1.29 is 116 Å². The number of aliphatic imine (C=N–C) groups is 2. The molecule has 0 spiro atoms. The van der Waals surface area contributed by atoms with Gasteiger partial charge in [0.25, 0.3) is 0 Å². The van der Waals surface area contributed by atoms with E-state index in [4.69, 9.17) is 28.7 Å². The summed E-state index contributed by atoms with van der Waals surface area (Å²) >= 11 is 0. The maximum Gasteiger partial charge on any atom is 0.305 e. The zero-order valence-corrected chi connectivity index (χ0v) is 67.0. The molecule has 0 aliphatic carbocycles. The Balaban J connectivity index is 2.40. The van der Waals surface area contributed by atoms with Gasteiger partial charge in [-0.3, -0.25) is 101 Å². The number of aliphatic carboxylic acids is 2. The lowest BCUT2D eigenvalue weighted by Crippen LogP contribution is -2.62. The molecule has 1 unspecified atom stereocenters. The Morgan fingerprint density at radius 3 is 1.32 bits per heavy atom. The van der Waals surface area contributed by atoms with Crippen molar-refractivity contribution in [2.45, 2.75) is 255 Å². The van der Waals surface area contributed by atoms with E-state index in [1.165, 1.54) is 27.0 Å². The van der Waals surface area contributed by atoms with Crippen LogP contribution >= 0.6 is 0 Å². The Morgan fingerprint density at radius 2 is 0.880 bits per heavy atom. The third-order valence-corrected chi connectivity index (χ3v) is 18.8. The van der Waals surface area contributed by atoms with Gasteiger partial charge in [-0.25, -0.2) is 4.99 Å². The molecule has 0 bridgehead atoms. The summed E-state index contributed by atoms with van der Waals surface area (Å²) in [5.74, 6) is -23.3. The number of nitrogens with zero attached hydrogens (tertiary/aromatic N) is 3. The van der Waals surface area contributed by atoms with Crippen LogP contribution in [0.4, 0.5) is 0 Å². The fraction of sp³-hybridized carbons (Fsp3) is 0.690. The number of rotatable bonds is 56. The molecule has 46 nitrogen and oxygen atoms in total. The van der Waals surface area contributed by atoms with Gasteiger partial charge in [0.05, 0.1) is 32.2 Å². The maximum absolute atomic E-state index is 14.6. The molecule has 2 aliphatic rings. The quantitative estimate of drug-likeness (QED) is 0.0251. The lowest BCUT2D eigenvalue weighted by atomic mass is 9.96. The predicted molar refractivity (Wildman–Crippen MR) is 414 cm³/mol. The number of nitrogens with one attached hydrogen (secondary N) is 14. The van der Waals surface area contributed by atoms with Crippen molar-refractivity contribution in [1.82, 2.24) is 79.3 Å². The number of carboxylic acid groups (broad SMARTS) is 2. The van der Waals surface area contributed by atoms with Crippen molar-refractivity contribution in [3.63, 3.8) is 0 Å². The van der Waals surface area contributed by atoms with Crippen molar-refractivity contribution in [2.75, 3.05) is 39.4 Å². The minimum atomic E-state index is -2.12. The molecule has 2 heterocycles. The lowest BCUT2D eigenvalue weighted by Gasteiger charge is -2.32. The highest BCUT2D eigenvalue weighted by molar-refractivity contribution is 6.02. The second kappa shape index (κ2) is 52.2. The van der Waals surface area contributed by atoms with E-state index in [0.29, 0.717) is 19.3 Å². The van der Waals surface area contributed by atoms with Gasteiger partial charge >= 0.3 is 11.9 Å². The molecule has 1 fully saturated rings. The van der Waals surface area contributed by atoms with Gasteiger partial charge in [-0.15, -0.1) is 0 Å². The molecule has 18 amide bonds. The topological polar surface area (TPSA) is 749 Å². The van der Waals surface area contributed by atoms with Crippen molar-refractivity contribution in [3.05, 3.63) is 0 Å². The maximum atomic E-state index is 14.6. The molecule has 1 saturated heterocycles. The first-order chi connectivity index (χ1) is 55.0. The molecule has 2 aliphatic heterocycles. The largest absolute Gasteiger partial charge is 0.481 e. The number of amides is 18. The monoisotopic (exact) mass is 1660 g/mol. The second-order valence-electron chi connectivity index (χ2n) is 29.0. The molecular weight excluding hydrogens is 1540 g/mol. The molecule has 28 N–H and O–H groups in total. The number of aliphatic hydroxyl groups excluding tert-OH is 2. The molecular formula is C71H118N22O24. The number of hydrogen-bond acceptors (Lipinski definition) is 26. The standard InChI is InChI=1S/C71H118N22O24/c1-9-36(6)57(70(116)89-46(28-54(102)103)64(110)90-48(32-95)67(113)86-42(18-21-50(74)97)61(107)84-41(16-11-13-25-73)60(106)83-40(15-10-12-24-72)59(105)80-37(7)58(76)104)92-65(111)45(27-39-29-77-33-79-39)88-62(108)43(19-22-51(75)98)85-66(112)47(31-94)82-52(99)30-78-68(114)49-17-14-26-93(49)71(117)56(35(4)5)91-63(109)44(20-23-53(100)101)87-69(115)55(34(2)3)81-38(8)96/h29,33-37,39-49,55-57,94-95H,9-28,30-32,72-73H2,1-8H3,(H2,74,97)(H2,75,98)(H2,76,104)(H,78,114)(H,80,105)(H,81,96)(H,82,99)(H,83,106)(H,84,107)(H,85,112)(H,86,113)(H,87,115)(H,88,108)(H,89,116)(H,90,110)(H,91,109)(H,92,111)(H,100,101)(H,102,103)/t36-,37-,39?,40-,41-,42-,43-,44-,45-,46-,47-,48-,49-,55-,56-,57-/m0/s1. The summed E-state index contributed by atoms with van der Waals surface area (Å²) in [6.07, 6.45) is -0.854. The Kier molecular flexibility index (Phi) is 45.4. The zero-order chi connectivity index (χ0) is 88.5. The van der Waals surface area contributed by atoms with E-state index in [9.17, 15) is 116 Å². The van der Waals surface area contributed by atoms with E-state index in [1.54, 1.807) is 34.6 Å². The van der Waals surface area contributed by atoms with Gasteiger partial charge in [0, 0.05) is 45.4 Å².